The fraction of sp³-hybridized carbons (Fsp3) is 0.688. The third-order valence-corrected chi connectivity index (χ3v) is 4.09. The highest BCUT2D eigenvalue weighted by atomic mass is 16.5. The molecule has 0 spiro atoms. The van der Waals surface area contributed by atoms with Gasteiger partial charge in [0.05, 0.1) is 0 Å². The Kier molecular flexibility index (Phi) is 6.01. The molecule has 0 saturated heterocycles. The largest absolute Gasteiger partial charge is 0.360 e. The molecule has 1 saturated carbocycles. The second-order valence-corrected chi connectivity index (χ2v) is 6.43. The molecule has 0 bridgehead atoms. The number of aryl methyl sites for hydroxylation is 1. The van der Waals surface area contributed by atoms with Gasteiger partial charge in [-0.2, -0.15) is 0 Å². The highest BCUT2D eigenvalue weighted by molar-refractivity contribution is 5.93. The Morgan fingerprint density at radius 1 is 1.30 bits per heavy atom. The summed E-state index contributed by atoms with van der Waals surface area (Å²) in [5, 5.41) is 6.41. The quantitative estimate of drug-likeness (QED) is 0.903. The van der Waals surface area contributed by atoms with Crippen LogP contribution < -0.4 is 5.32 Å². The molecule has 0 aromatic carbocycles. The van der Waals surface area contributed by atoms with Crippen LogP contribution in [-0.2, 0) is 4.79 Å². The Morgan fingerprint density at radius 2 is 2.00 bits per heavy atom. The fourth-order valence-corrected chi connectivity index (χ4v) is 2.96. The van der Waals surface area contributed by atoms with Gasteiger partial charge in [0.1, 0.15) is 12.3 Å². The lowest BCUT2D eigenvalue weighted by Crippen LogP contribution is -2.45. The lowest BCUT2D eigenvalue weighted by molar-refractivity contribution is -0.117. The van der Waals surface area contributed by atoms with E-state index in [1.165, 1.54) is 24.2 Å². The first-order valence-corrected chi connectivity index (χ1v) is 8.15. The molecule has 1 aromatic rings. The Balaban J connectivity index is 1.95. The molecule has 7 heteroatoms. The summed E-state index contributed by atoms with van der Waals surface area (Å²) in [7, 11) is 3.41. The van der Waals surface area contributed by atoms with Crippen molar-refractivity contribution in [2.45, 2.75) is 39.0 Å². The van der Waals surface area contributed by atoms with Crippen LogP contribution in [0.3, 0.4) is 0 Å². The van der Waals surface area contributed by atoms with Crippen molar-refractivity contribution in [2.75, 3.05) is 32.5 Å². The molecule has 0 radical (unpaired) electrons. The van der Waals surface area contributed by atoms with Crippen molar-refractivity contribution < 1.29 is 14.1 Å². The number of rotatable bonds is 5. The van der Waals surface area contributed by atoms with E-state index in [0.29, 0.717) is 24.0 Å². The number of anilines is 1. The van der Waals surface area contributed by atoms with Crippen molar-refractivity contribution in [1.29, 1.82) is 0 Å². The van der Waals surface area contributed by atoms with Gasteiger partial charge in [-0.05, 0) is 25.7 Å². The van der Waals surface area contributed by atoms with Gasteiger partial charge in [0.25, 0.3) is 0 Å². The Morgan fingerprint density at radius 3 is 2.57 bits per heavy atom. The van der Waals surface area contributed by atoms with E-state index in [4.69, 9.17) is 4.52 Å². The monoisotopic (exact) mass is 322 g/mol. The lowest BCUT2D eigenvalue weighted by Gasteiger charge is -2.31. The standard InChI is InChI=1S/C16H26N4O3/c1-12-9-14(18-23-12)17-15(21)11-20(16(22)19(2)3)10-13-7-5-4-6-8-13/h9,13H,4-8,10-11H2,1-3H3,(H,17,18,21). The second-order valence-electron chi connectivity index (χ2n) is 6.43. The minimum Gasteiger partial charge on any atom is -0.360 e. The van der Waals surface area contributed by atoms with Crippen LogP contribution in [0.15, 0.2) is 10.6 Å². The molecule has 3 amide bonds. The van der Waals surface area contributed by atoms with Gasteiger partial charge in [0.15, 0.2) is 5.82 Å². The van der Waals surface area contributed by atoms with Crippen molar-refractivity contribution in [2.24, 2.45) is 5.92 Å². The first-order valence-electron chi connectivity index (χ1n) is 8.15. The van der Waals surface area contributed by atoms with E-state index < -0.39 is 0 Å². The average Bonchev–Trinajstić information content (AvgIpc) is 2.91. The third-order valence-electron chi connectivity index (χ3n) is 4.09. The number of hydrogen-bond donors (Lipinski definition) is 1. The van der Waals surface area contributed by atoms with E-state index in [-0.39, 0.29) is 18.5 Å². The van der Waals surface area contributed by atoms with Crippen LogP contribution in [-0.4, -0.2) is 54.1 Å². The molecular weight excluding hydrogens is 296 g/mol. The zero-order chi connectivity index (χ0) is 16.8. The maximum Gasteiger partial charge on any atom is 0.319 e. The Labute approximate surface area is 137 Å². The van der Waals surface area contributed by atoms with Gasteiger partial charge in [-0.1, -0.05) is 24.4 Å². The van der Waals surface area contributed by atoms with Gasteiger partial charge in [-0.3, -0.25) is 4.79 Å². The van der Waals surface area contributed by atoms with E-state index in [0.717, 1.165) is 12.8 Å². The highest BCUT2D eigenvalue weighted by Gasteiger charge is 2.24. The topological polar surface area (TPSA) is 78.7 Å². The van der Waals surface area contributed by atoms with E-state index in [1.54, 1.807) is 32.0 Å². The van der Waals surface area contributed by atoms with E-state index in [2.05, 4.69) is 10.5 Å². The van der Waals surface area contributed by atoms with Crippen LogP contribution in [0, 0.1) is 12.8 Å². The molecule has 7 nitrogen and oxygen atoms in total. The molecule has 23 heavy (non-hydrogen) atoms. The molecule has 1 aliphatic rings. The smallest absolute Gasteiger partial charge is 0.319 e. The minimum atomic E-state index is -0.260. The molecule has 2 rings (SSSR count). The molecule has 1 fully saturated rings. The fourth-order valence-electron chi connectivity index (χ4n) is 2.96. The number of urea groups is 1. The number of hydrogen-bond acceptors (Lipinski definition) is 4. The SMILES string of the molecule is Cc1cc(NC(=O)CN(CC2CCCCC2)C(=O)N(C)C)no1. The van der Waals surface area contributed by atoms with E-state index in [9.17, 15) is 9.59 Å². The van der Waals surface area contributed by atoms with Crippen LogP contribution >= 0.6 is 0 Å². The summed E-state index contributed by atoms with van der Waals surface area (Å²) in [4.78, 5) is 27.7. The third kappa shape index (κ3) is 5.26. The van der Waals surface area contributed by atoms with Gasteiger partial charge >= 0.3 is 6.03 Å². The predicted molar refractivity (Wildman–Crippen MR) is 87.1 cm³/mol. The molecule has 1 N–H and O–H groups in total. The van der Waals surface area contributed by atoms with Crippen LogP contribution in [0.5, 0.6) is 0 Å². The summed E-state index contributed by atoms with van der Waals surface area (Å²) in [6.45, 7) is 2.41. The van der Waals surface area contributed by atoms with E-state index in [1.807, 2.05) is 0 Å². The van der Waals surface area contributed by atoms with Crippen molar-refractivity contribution in [1.82, 2.24) is 15.0 Å². The number of carbonyl (C=O) groups excluding carboxylic acids is 2. The summed E-state index contributed by atoms with van der Waals surface area (Å²) < 4.78 is 4.92. The Hall–Kier alpha value is -2.05. The maximum absolute atomic E-state index is 12.3. The first kappa shape index (κ1) is 17.3. The van der Waals surface area contributed by atoms with Crippen molar-refractivity contribution in [3.8, 4) is 0 Å². The van der Waals surface area contributed by atoms with Crippen molar-refractivity contribution in [3.05, 3.63) is 11.8 Å². The Bertz CT molecular complexity index is 535. The number of nitrogens with zero attached hydrogens (tertiary/aromatic N) is 3. The number of amides is 3. The predicted octanol–water partition coefficient (Wildman–Crippen LogP) is 2.49. The highest BCUT2D eigenvalue weighted by Crippen LogP contribution is 2.24. The van der Waals surface area contributed by atoms with Crippen LogP contribution in [0.2, 0.25) is 0 Å². The summed E-state index contributed by atoms with van der Waals surface area (Å²) in [5.74, 6) is 1.23. The molecule has 128 valence electrons. The van der Waals surface area contributed by atoms with Gasteiger partial charge in [0, 0.05) is 26.7 Å². The summed E-state index contributed by atoms with van der Waals surface area (Å²) in [6, 6.07) is 1.51. The van der Waals surface area contributed by atoms with Gasteiger partial charge in [0.2, 0.25) is 5.91 Å². The first-order chi connectivity index (χ1) is 11.0. The van der Waals surface area contributed by atoms with Gasteiger partial charge in [-0.15, -0.1) is 0 Å². The summed E-state index contributed by atoms with van der Waals surface area (Å²) >= 11 is 0. The van der Waals surface area contributed by atoms with Crippen LogP contribution in [0.25, 0.3) is 0 Å². The van der Waals surface area contributed by atoms with Crippen molar-refractivity contribution in [3.63, 3.8) is 0 Å². The normalized spacial score (nSPS) is 15.3. The van der Waals surface area contributed by atoms with Crippen LogP contribution in [0.1, 0.15) is 37.9 Å². The molecular formula is C16H26N4O3. The zero-order valence-corrected chi connectivity index (χ0v) is 14.2. The van der Waals surface area contributed by atoms with E-state index >= 15 is 0 Å². The number of carbonyl (C=O) groups is 2. The molecule has 1 heterocycles. The van der Waals surface area contributed by atoms with Gasteiger partial charge < -0.3 is 19.6 Å². The second kappa shape index (κ2) is 7.99. The van der Waals surface area contributed by atoms with Gasteiger partial charge in [-0.25, -0.2) is 4.79 Å². The lowest BCUT2D eigenvalue weighted by atomic mass is 9.89. The molecule has 0 unspecified atom stereocenters. The molecule has 1 aliphatic carbocycles. The minimum absolute atomic E-state index is 0.0272. The maximum atomic E-state index is 12.3. The summed E-state index contributed by atoms with van der Waals surface area (Å²) in [5.41, 5.74) is 0. The summed E-state index contributed by atoms with van der Waals surface area (Å²) in [6.07, 6.45) is 5.94. The molecule has 0 atom stereocenters. The average molecular weight is 322 g/mol. The van der Waals surface area contributed by atoms with Crippen molar-refractivity contribution >= 4 is 17.8 Å². The molecule has 0 aliphatic heterocycles. The zero-order valence-electron chi connectivity index (χ0n) is 14.2. The number of nitrogens with one attached hydrogen (secondary N) is 1. The van der Waals surface area contributed by atoms with Crippen LogP contribution in [0.4, 0.5) is 10.6 Å². The number of aromatic nitrogens is 1. The molecule has 1 aromatic heterocycles.